The van der Waals surface area contributed by atoms with Gasteiger partial charge in [-0.05, 0) is 60.2 Å². The van der Waals surface area contributed by atoms with Gasteiger partial charge in [0.25, 0.3) is 5.91 Å². The van der Waals surface area contributed by atoms with Crippen molar-refractivity contribution >= 4 is 18.1 Å². The van der Waals surface area contributed by atoms with E-state index < -0.39 is 11.9 Å². The third-order valence-corrected chi connectivity index (χ3v) is 3.59. The molecular weight excluding hydrogens is 344 g/mol. The highest BCUT2D eigenvalue weighted by atomic mass is 16.5. The molecule has 0 saturated heterocycles. The molecule has 0 aromatic heterocycles. The van der Waals surface area contributed by atoms with Crippen LogP contribution in [0.3, 0.4) is 0 Å². The highest BCUT2D eigenvalue weighted by Crippen LogP contribution is 2.14. The normalized spacial score (nSPS) is 10.5. The molecule has 0 atom stereocenters. The number of hydrogen-bond donors (Lipinski definition) is 2. The second-order valence-electron chi connectivity index (χ2n) is 5.57. The maximum absolute atomic E-state index is 12.0. The molecule has 1 amide bonds. The number of esters is 1. The maximum atomic E-state index is 12.0. The highest BCUT2D eigenvalue weighted by Gasteiger charge is 2.07. The maximum Gasteiger partial charge on any atom is 0.343 e. The Kier molecular flexibility index (Phi) is 5.59. The van der Waals surface area contributed by atoms with E-state index in [2.05, 4.69) is 10.5 Å². The second kappa shape index (κ2) is 8.44. The number of carbonyl (C=O) groups is 2. The van der Waals surface area contributed by atoms with Crippen molar-refractivity contribution in [1.29, 1.82) is 0 Å². The lowest BCUT2D eigenvalue weighted by molar-refractivity contribution is 0.0734. The number of ether oxygens (including phenoxy) is 1. The summed E-state index contributed by atoms with van der Waals surface area (Å²) in [5, 5.41) is 13.2. The summed E-state index contributed by atoms with van der Waals surface area (Å²) in [4.78, 5) is 23.9. The molecule has 3 aromatic carbocycles. The topological polar surface area (TPSA) is 88.0 Å². The van der Waals surface area contributed by atoms with Crippen LogP contribution < -0.4 is 10.2 Å². The molecule has 0 aliphatic rings. The van der Waals surface area contributed by atoms with Crippen LogP contribution in [0.4, 0.5) is 0 Å². The number of carbonyl (C=O) groups excluding carboxylic acids is 2. The Morgan fingerprint density at radius 2 is 1.59 bits per heavy atom. The van der Waals surface area contributed by atoms with Gasteiger partial charge in [-0.15, -0.1) is 0 Å². The van der Waals surface area contributed by atoms with Gasteiger partial charge in [0, 0.05) is 5.56 Å². The Morgan fingerprint density at radius 3 is 2.30 bits per heavy atom. The molecule has 2 N–H and O–H groups in total. The van der Waals surface area contributed by atoms with E-state index in [1.54, 1.807) is 60.7 Å². The fourth-order valence-corrected chi connectivity index (χ4v) is 2.24. The molecule has 3 aromatic rings. The number of hydrogen-bond acceptors (Lipinski definition) is 5. The number of phenolic OH excluding ortho intramolecular Hbond substituents is 1. The summed E-state index contributed by atoms with van der Waals surface area (Å²) < 4.78 is 5.29. The Hall–Kier alpha value is -3.93. The first-order valence-electron chi connectivity index (χ1n) is 8.11. The molecule has 0 spiro atoms. The quantitative estimate of drug-likeness (QED) is 0.316. The zero-order valence-electron chi connectivity index (χ0n) is 14.2. The smallest absolute Gasteiger partial charge is 0.343 e. The Balaban J connectivity index is 1.56. The number of rotatable bonds is 5. The summed E-state index contributed by atoms with van der Waals surface area (Å²) in [6, 6.07) is 21.4. The minimum atomic E-state index is -0.435. The van der Waals surface area contributed by atoms with Crippen molar-refractivity contribution in [2.75, 3.05) is 0 Å². The SMILES string of the molecule is O=C(NN=Cc1ccc(OC(=O)c2ccccc2)cc1)c1cccc(O)c1. The summed E-state index contributed by atoms with van der Waals surface area (Å²) in [5.41, 5.74) is 3.86. The van der Waals surface area contributed by atoms with Crippen molar-refractivity contribution in [3.63, 3.8) is 0 Å². The van der Waals surface area contributed by atoms with E-state index in [0.717, 1.165) is 0 Å². The lowest BCUT2D eigenvalue weighted by Crippen LogP contribution is -2.17. The van der Waals surface area contributed by atoms with Gasteiger partial charge in [-0.1, -0.05) is 24.3 Å². The van der Waals surface area contributed by atoms with Gasteiger partial charge in [0.2, 0.25) is 0 Å². The fraction of sp³-hybridized carbons (Fsp3) is 0. The Labute approximate surface area is 155 Å². The number of benzene rings is 3. The molecular formula is C21H16N2O4. The van der Waals surface area contributed by atoms with Crippen LogP contribution in [0.25, 0.3) is 0 Å². The van der Waals surface area contributed by atoms with Crippen LogP contribution >= 0.6 is 0 Å². The third kappa shape index (κ3) is 5.02. The molecule has 0 heterocycles. The van der Waals surface area contributed by atoms with Gasteiger partial charge in [0.1, 0.15) is 11.5 Å². The minimum Gasteiger partial charge on any atom is -0.508 e. The number of nitrogens with one attached hydrogen (secondary N) is 1. The average molecular weight is 360 g/mol. The molecule has 0 saturated carbocycles. The van der Waals surface area contributed by atoms with Crippen molar-refractivity contribution in [3.8, 4) is 11.5 Å². The zero-order chi connectivity index (χ0) is 19.1. The van der Waals surface area contributed by atoms with E-state index in [1.165, 1.54) is 18.3 Å². The van der Waals surface area contributed by atoms with Gasteiger partial charge >= 0.3 is 5.97 Å². The monoisotopic (exact) mass is 360 g/mol. The zero-order valence-corrected chi connectivity index (χ0v) is 14.2. The minimum absolute atomic E-state index is 0.00673. The summed E-state index contributed by atoms with van der Waals surface area (Å²) in [5.74, 6) is -0.456. The predicted octanol–water partition coefficient (Wildman–Crippen LogP) is 3.38. The van der Waals surface area contributed by atoms with Crippen molar-refractivity contribution in [2.45, 2.75) is 0 Å². The van der Waals surface area contributed by atoms with E-state index >= 15 is 0 Å². The number of nitrogens with zero attached hydrogens (tertiary/aromatic N) is 1. The average Bonchev–Trinajstić information content (AvgIpc) is 2.70. The van der Waals surface area contributed by atoms with Crippen molar-refractivity contribution in [2.24, 2.45) is 5.10 Å². The van der Waals surface area contributed by atoms with E-state index in [1.807, 2.05) is 6.07 Å². The molecule has 0 aliphatic heterocycles. The Bertz CT molecular complexity index is 967. The molecule has 6 heteroatoms. The van der Waals surface area contributed by atoms with Crippen LogP contribution in [-0.2, 0) is 0 Å². The van der Waals surface area contributed by atoms with Crippen molar-refractivity contribution in [3.05, 3.63) is 95.6 Å². The first-order chi connectivity index (χ1) is 13.1. The van der Waals surface area contributed by atoms with Gasteiger partial charge in [0.15, 0.2) is 0 Å². The van der Waals surface area contributed by atoms with E-state index in [-0.39, 0.29) is 5.75 Å². The van der Waals surface area contributed by atoms with E-state index in [4.69, 9.17) is 4.74 Å². The molecule has 0 bridgehead atoms. The number of hydrazone groups is 1. The summed E-state index contributed by atoms with van der Waals surface area (Å²) in [6.45, 7) is 0. The molecule has 3 rings (SSSR count). The number of amides is 1. The molecule has 27 heavy (non-hydrogen) atoms. The van der Waals surface area contributed by atoms with E-state index in [0.29, 0.717) is 22.4 Å². The van der Waals surface area contributed by atoms with Crippen LogP contribution in [0.15, 0.2) is 84.0 Å². The van der Waals surface area contributed by atoms with Crippen LogP contribution in [0.5, 0.6) is 11.5 Å². The van der Waals surface area contributed by atoms with Crippen molar-refractivity contribution < 1.29 is 19.4 Å². The van der Waals surface area contributed by atoms with Gasteiger partial charge in [-0.25, -0.2) is 10.2 Å². The van der Waals surface area contributed by atoms with Gasteiger partial charge in [-0.2, -0.15) is 5.10 Å². The van der Waals surface area contributed by atoms with Crippen LogP contribution in [0.2, 0.25) is 0 Å². The molecule has 0 unspecified atom stereocenters. The van der Waals surface area contributed by atoms with Crippen LogP contribution in [0, 0.1) is 0 Å². The standard InChI is InChI=1S/C21H16N2O4/c24-18-8-4-7-17(13-18)20(25)23-22-14-15-9-11-19(12-10-15)27-21(26)16-5-2-1-3-6-16/h1-14,24H,(H,23,25). The third-order valence-electron chi connectivity index (χ3n) is 3.59. The molecule has 6 nitrogen and oxygen atoms in total. The van der Waals surface area contributed by atoms with Crippen LogP contribution in [-0.4, -0.2) is 23.2 Å². The molecule has 0 radical (unpaired) electrons. The first-order valence-corrected chi connectivity index (χ1v) is 8.11. The van der Waals surface area contributed by atoms with Crippen molar-refractivity contribution in [1.82, 2.24) is 5.43 Å². The molecule has 134 valence electrons. The van der Waals surface area contributed by atoms with Gasteiger partial charge < -0.3 is 9.84 Å². The molecule has 0 fully saturated rings. The summed E-state index contributed by atoms with van der Waals surface area (Å²) in [6.07, 6.45) is 1.46. The summed E-state index contributed by atoms with van der Waals surface area (Å²) in [7, 11) is 0. The number of phenols is 1. The second-order valence-corrected chi connectivity index (χ2v) is 5.57. The summed E-state index contributed by atoms with van der Waals surface area (Å²) >= 11 is 0. The molecule has 0 aliphatic carbocycles. The lowest BCUT2D eigenvalue weighted by Gasteiger charge is -2.04. The first kappa shape index (κ1) is 17.9. The lowest BCUT2D eigenvalue weighted by atomic mass is 10.2. The largest absolute Gasteiger partial charge is 0.508 e. The Morgan fingerprint density at radius 1 is 0.889 bits per heavy atom. The van der Waals surface area contributed by atoms with Gasteiger partial charge in [0.05, 0.1) is 11.8 Å². The number of aromatic hydroxyl groups is 1. The van der Waals surface area contributed by atoms with Crippen LogP contribution in [0.1, 0.15) is 26.3 Å². The fourth-order valence-electron chi connectivity index (χ4n) is 2.24. The van der Waals surface area contributed by atoms with E-state index in [9.17, 15) is 14.7 Å². The van der Waals surface area contributed by atoms with Gasteiger partial charge in [-0.3, -0.25) is 4.79 Å². The highest BCUT2D eigenvalue weighted by molar-refractivity contribution is 5.95. The predicted molar refractivity (Wildman–Crippen MR) is 101 cm³/mol.